The minimum atomic E-state index is -0.698. The largest absolute Gasteiger partial charge is 0.459 e. The van der Waals surface area contributed by atoms with Crippen LogP contribution in [0.25, 0.3) is 0 Å². The van der Waals surface area contributed by atoms with Crippen molar-refractivity contribution in [1.82, 2.24) is 4.98 Å². The van der Waals surface area contributed by atoms with Crippen molar-refractivity contribution in [2.24, 2.45) is 0 Å². The molecule has 178 valence electrons. The summed E-state index contributed by atoms with van der Waals surface area (Å²) in [7, 11) is 0. The van der Waals surface area contributed by atoms with E-state index in [9.17, 15) is 19.2 Å². The van der Waals surface area contributed by atoms with Gasteiger partial charge in [-0.2, -0.15) is 0 Å². The van der Waals surface area contributed by atoms with Crippen molar-refractivity contribution in [2.45, 2.75) is 20.0 Å². The molecule has 0 saturated carbocycles. The van der Waals surface area contributed by atoms with E-state index in [-0.39, 0.29) is 34.0 Å². The molecule has 0 bridgehead atoms. The molecule has 2 aromatic carbocycles. The zero-order valence-corrected chi connectivity index (χ0v) is 20.1. The fourth-order valence-electron chi connectivity index (χ4n) is 3.18. The number of esters is 1. The number of imide groups is 1. The van der Waals surface area contributed by atoms with Gasteiger partial charge in [0.2, 0.25) is 0 Å². The lowest BCUT2D eigenvalue weighted by atomic mass is 10.2. The fraction of sp³-hybridized carbons (Fsp3) is 0.125. The number of hydrogen-bond donors (Lipinski definition) is 2. The van der Waals surface area contributed by atoms with E-state index in [1.807, 2.05) is 0 Å². The second-order valence-corrected chi connectivity index (χ2v) is 8.90. The van der Waals surface area contributed by atoms with E-state index in [1.165, 1.54) is 35.6 Å². The molecule has 1 aliphatic rings. The minimum absolute atomic E-state index is 0.0973. The molecule has 1 aromatic heterocycles. The van der Waals surface area contributed by atoms with Gasteiger partial charge in [-0.3, -0.25) is 19.7 Å². The quantitative estimate of drug-likeness (QED) is 0.357. The molecule has 0 unspecified atom stereocenters. The van der Waals surface area contributed by atoms with Crippen molar-refractivity contribution in [3.05, 3.63) is 82.0 Å². The first kappa shape index (κ1) is 24.1. The number of hydrogen-bond acceptors (Lipinski definition) is 8. The van der Waals surface area contributed by atoms with E-state index in [0.29, 0.717) is 16.4 Å². The number of aromatic nitrogens is 1. The third-order valence-corrected chi connectivity index (χ3v) is 5.84. The van der Waals surface area contributed by atoms with Gasteiger partial charge in [0.05, 0.1) is 17.4 Å². The smallest absolute Gasteiger partial charge is 0.338 e. The number of carbonyl (C=O) groups excluding carboxylic acids is 4. The van der Waals surface area contributed by atoms with Gasteiger partial charge in [0.1, 0.15) is 10.7 Å². The first-order chi connectivity index (χ1) is 16.7. The predicted octanol–water partition coefficient (Wildman–Crippen LogP) is 4.40. The normalized spacial score (nSPS) is 13.4. The van der Waals surface area contributed by atoms with Crippen molar-refractivity contribution in [2.75, 3.05) is 15.5 Å². The Morgan fingerprint density at radius 3 is 2.26 bits per heavy atom. The van der Waals surface area contributed by atoms with Crippen LogP contribution < -0.4 is 15.5 Å². The van der Waals surface area contributed by atoms with E-state index >= 15 is 0 Å². The molecule has 1 aliphatic heterocycles. The molecule has 0 fully saturated rings. The molecule has 11 heteroatoms. The molecule has 0 spiro atoms. The van der Waals surface area contributed by atoms with Crippen molar-refractivity contribution >= 4 is 63.1 Å². The lowest BCUT2D eigenvalue weighted by Crippen LogP contribution is -2.32. The highest BCUT2D eigenvalue weighted by atomic mass is 35.5. The van der Waals surface area contributed by atoms with Crippen LogP contribution in [0, 0.1) is 0 Å². The number of amides is 3. The number of halogens is 1. The predicted molar refractivity (Wildman–Crippen MR) is 132 cm³/mol. The SMILES string of the molecule is CC(C)OC(=O)c1ccc(N2C(=O)C(Cl)=C(Nc3ccc(C(=O)Nc4nccs4)cc3)C2=O)cc1. The van der Waals surface area contributed by atoms with Crippen molar-refractivity contribution < 1.29 is 23.9 Å². The summed E-state index contributed by atoms with van der Waals surface area (Å²) in [6.45, 7) is 3.47. The first-order valence-corrected chi connectivity index (χ1v) is 11.7. The summed E-state index contributed by atoms with van der Waals surface area (Å²) in [4.78, 5) is 54.9. The van der Waals surface area contributed by atoms with Crippen LogP contribution in [0.2, 0.25) is 0 Å². The van der Waals surface area contributed by atoms with Crippen LogP contribution in [0.4, 0.5) is 16.5 Å². The topological polar surface area (TPSA) is 118 Å². The maximum absolute atomic E-state index is 13.0. The van der Waals surface area contributed by atoms with Crippen molar-refractivity contribution in [3.63, 3.8) is 0 Å². The molecule has 0 radical (unpaired) electrons. The van der Waals surface area contributed by atoms with Crippen LogP contribution in [-0.4, -0.2) is 34.8 Å². The molecule has 0 atom stereocenters. The fourth-order valence-corrected chi connectivity index (χ4v) is 3.91. The monoisotopic (exact) mass is 510 g/mol. The second-order valence-electron chi connectivity index (χ2n) is 7.63. The molecular weight excluding hydrogens is 492 g/mol. The molecule has 4 rings (SSSR count). The zero-order chi connectivity index (χ0) is 25.1. The van der Waals surface area contributed by atoms with Crippen LogP contribution >= 0.6 is 22.9 Å². The Kier molecular flexibility index (Phi) is 6.94. The summed E-state index contributed by atoms with van der Waals surface area (Å²) >= 11 is 7.48. The second kappa shape index (κ2) is 10.1. The Morgan fingerprint density at radius 2 is 1.66 bits per heavy atom. The average Bonchev–Trinajstić information content (AvgIpc) is 3.42. The van der Waals surface area contributed by atoms with Gasteiger partial charge in [0.15, 0.2) is 5.13 Å². The standard InChI is InChI=1S/C24H19ClN4O5S/c1-13(2)34-23(33)15-5-9-17(10-6-15)29-21(31)18(25)19(22(29)32)27-16-7-3-14(4-8-16)20(30)28-24-26-11-12-35-24/h3-13,27H,1-2H3,(H,26,28,30). The van der Waals surface area contributed by atoms with E-state index in [4.69, 9.17) is 16.3 Å². The van der Waals surface area contributed by atoms with Gasteiger partial charge >= 0.3 is 5.97 Å². The molecule has 2 N–H and O–H groups in total. The Bertz CT molecular complexity index is 1320. The van der Waals surface area contributed by atoms with Gasteiger partial charge in [-0.05, 0) is 62.4 Å². The molecule has 0 saturated heterocycles. The van der Waals surface area contributed by atoms with Crippen LogP contribution in [-0.2, 0) is 14.3 Å². The third-order valence-electron chi connectivity index (χ3n) is 4.80. The zero-order valence-electron chi connectivity index (χ0n) is 18.6. The van der Waals surface area contributed by atoms with Gasteiger partial charge in [-0.25, -0.2) is 14.7 Å². The number of nitrogens with zero attached hydrogens (tertiary/aromatic N) is 2. The Morgan fingerprint density at radius 1 is 1.00 bits per heavy atom. The molecule has 3 aromatic rings. The van der Waals surface area contributed by atoms with Crippen LogP contribution in [0.5, 0.6) is 0 Å². The molecule has 3 amide bonds. The van der Waals surface area contributed by atoms with E-state index in [2.05, 4.69) is 15.6 Å². The summed E-state index contributed by atoms with van der Waals surface area (Å²) in [6, 6.07) is 12.2. The number of ether oxygens (including phenoxy) is 1. The van der Waals surface area contributed by atoms with Gasteiger partial charge in [0, 0.05) is 22.8 Å². The van der Waals surface area contributed by atoms with Crippen LogP contribution in [0.15, 0.2) is 70.8 Å². The van der Waals surface area contributed by atoms with Gasteiger partial charge < -0.3 is 10.1 Å². The van der Waals surface area contributed by atoms with E-state index in [1.54, 1.807) is 49.7 Å². The van der Waals surface area contributed by atoms with Crippen LogP contribution in [0.1, 0.15) is 34.6 Å². The summed E-state index contributed by atoms with van der Waals surface area (Å²) < 4.78 is 5.14. The Hall–Kier alpha value is -4.02. The number of rotatable bonds is 7. The number of nitrogens with one attached hydrogen (secondary N) is 2. The molecule has 35 heavy (non-hydrogen) atoms. The van der Waals surface area contributed by atoms with Gasteiger partial charge in [-0.15, -0.1) is 11.3 Å². The molecule has 9 nitrogen and oxygen atoms in total. The average molecular weight is 511 g/mol. The molecule has 0 aliphatic carbocycles. The maximum atomic E-state index is 13.0. The molecular formula is C24H19ClN4O5S. The summed E-state index contributed by atoms with van der Waals surface area (Å²) in [6.07, 6.45) is 1.31. The number of thiazole rings is 1. The summed E-state index contributed by atoms with van der Waals surface area (Å²) in [5.74, 6) is -2.19. The lowest BCUT2D eigenvalue weighted by molar-refractivity contribution is -0.120. The van der Waals surface area contributed by atoms with Crippen molar-refractivity contribution in [1.29, 1.82) is 0 Å². The number of anilines is 3. The van der Waals surface area contributed by atoms with E-state index < -0.39 is 17.8 Å². The Balaban J connectivity index is 1.46. The minimum Gasteiger partial charge on any atom is -0.459 e. The summed E-state index contributed by atoms with van der Waals surface area (Å²) in [5.41, 5.74) is 1.29. The van der Waals surface area contributed by atoms with Crippen LogP contribution in [0.3, 0.4) is 0 Å². The first-order valence-electron chi connectivity index (χ1n) is 10.4. The highest BCUT2D eigenvalue weighted by Gasteiger charge is 2.39. The van der Waals surface area contributed by atoms with Gasteiger partial charge in [-0.1, -0.05) is 11.6 Å². The highest BCUT2D eigenvalue weighted by molar-refractivity contribution is 7.13. The number of carbonyl (C=O) groups is 4. The van der Waals surface area contributed by atoms with Gasteiger partial charge in [0.25, 0.3) is 17.7 Å². The highest BCUT2D eigenvalue weighted by Crippen LogP contribution is 2.30. The third kappa shape index (κ3) is 5.23. The van der Waals surface area contributed by atoms with Crippen molar-refractivity contribution in [3.8, 4) is 0 Å². The summed E-state index contributed by atoms with van der Waals surface area (Å²) in [5, 5.41) is 7.49. The lowest BCUT2D eigenvalue weighted by Gasteiger charge is -2.16. The van der Waals surface area contributed by atoms with E-state index in [0.717, 1.165) is 4.90 Å². The maximum Gasteiger partial charge on any atom is 0.338 e. The number of benzene rings is 2. The Labute approximate surface area is 209 Å². The molecule has 2 heterocycles.